The second kappa shape index (κ2) is 5.50. The van der Waals surface area contributed by atoms with Crippen LogP contribution in [0, 0.1) is 6.92 Å². The first-order valence-electron chi connectivity index (χ1n) is 3.86. The number of amides is 1. The number of hydrogen-bond donors (Lipinski definition) is 1. The van der Waals surface area contributed by atoms with Crippen molar-refractivity contribution in [3.63, 3.8) is 0 Å². The third kappa shape index (κ3) is 3.54. The molecule has 0 fully saturated rings. The molecule has 1 aromatic carbocycles. The van der Waals surface area contributed by atoms with Gasteiger partial charge in [0, 0.05) is 10.7 Å². The number of anilines is 1. The molecule has 0 heterocycles. The lowest BCUT2D eigenvalue weighted by molar-refractivity contribution is -0.113. The zero-order chi connectivity index (χ0) is 10.7. The molecule has 2 nitrogen and oxygen atoms in total. The average Bonchev–Trinajstić information content (AvgIpc) is 2.11. The molecule has 1 amide bonds. The van der Waals surface area contributed by atoms with Crippen molar-refractivity contribution in [2.75, 3.05) is 5.32 Å². The van der Waals surface area contributed by atoms with Gasteiger partial charge in [-0.1, -0.05) is 62.8 Å². The van der Waals surface area contributed by atoms with Crippen molar-refractivity contribution in [1.29, 1.82) is 0 Å². The third-order valence-corrected chi connectivity index (χ3v) is 3.18. The molecule has 0 aliphatic carbocycles. The summed E-state index contributed by atoms with van der Waals surface area (Å²) in [7, 11) is 0. The van der Waals surface area contributed by atoms with Crippen LogP contribution in [0.3, 0.4) is 0 Å². The molecule has 1 N–H and O–H groups in total. The van der Waals surface area contributed by atoms with Gasteiger partial charge in [-0.05, 0) is 24.6 Å². The molecule has 1 rings (SSSR count). The molecule has 0 aliphatic rings. The zero-order valence-corrected chi connectivity index (χ0v) is 12.4. The molecule has 0 saturated carbocycles. The van der Waals surface area contributed by atoms with Crippen LogP contribution < -0.4 is 5.32 Å². The number of hydrogen-bond acceptors (Lipinski definition) is 1. The highest BCUT2D eigenvalue weighted by molar-refractivity contribution is 14.2. The molecule has 0 aromatic heterocycles. The Morgan fingerprint density at radius 3 is 2.64 bits per heavy atom. The Morgan fingerprint density at radius 1 is 1.50 bits per heavy atom. The van der Waals surface area contributed by atoms with E-state index in [1.165, 1.54) is 0 Å². The van der Waals surface area contributed by atoms with Crippen LogP contribution in [0.25, 0.3) is 0 Å². The number of carbonyl (C=O) groups is 1. The Kier molecular flexibility index (Phi) is 4.92. The minimum absolute atomic E-state index is 0.0221. The minimum Gasteiger partial charge on any atom is -0.324 e. The highest BCUT2D eigenvalue weighted by atomic mass is 127. The summed E-state index contributed by atoms with van der Waals surface area (Å²) in [5, 5.41) is 3.44. The fourth-order valence-corrected chi connectivity index (χ4v) is 1.36. The summed E-state index contributed by atoms with van der Waals surface area (Å²) < 4.78 is -0.0784. The highest BCUT2D eigenvalue weighted by Crippen LogP contribution is 2.21. The summed E-state index contributed by atoms with van der Waals surface area (Å²) in [5.74, 6) is -0.0221. The van der Waals surface area contributed by atoms with E-state index in [1.54, 1.807) is 6.07 Å². The van der Waals surface area contributed by atoms with E-state index < -0.39 is 0 Å². The van der Waals surface area contributed by atoms with E-state index in [-0.39, 0.29) is 7.84 Å². The number of carbonyl (C=O) groups excluding carboxylic acids is 1. The Hall–Kier alpha value is 0.440. The lowest BCUT2D eigenvalue weighted by atomic mass is 10.2. The molecule has 0 saturated heterocycles. The molecule has 0 atom stereocenters. The Balaban J connectivity index is 2.78. The third-order valence-electron chi connectivity index (χ3n) is 1.64. The standard InChI is InChI=1S/C9H8ClI2NO/c1-5-2-3-6(4-7(5)10)13-9(14)8(11)12/h2-4,8H,1H3,(H,13,14). The first-order valence-corrected chi connectivity index (χ1v) is 6.73. The normalized spacial score (nSPS) is 10.4. The van der Waals surface area contributed by atoms with E-state index in [4.69, 9.17) is 11.6 Å². The number of aryl methyl sites for hydroxylation is 1. The van der Waals surface area contributed by atoms with E-state index in [1.807, 2.05) is 19.1 Å². The molecule has 0 spiro atoms. The van der Waals surface area contributed by atoms with Gasteiger partial charge < -0.3 is 5.32 Å². The fourth-order valence-electron chi connectivity index (χ4n) is 0.867. The largest absolute Gasteiger partial charge is 0.324 e. The molecule has 5 heteroatoms. The molecule has 0 bridgehead atoms. The fraction of sp³-hybridized carbons (Fsp3) is 0.222. The van der Waals surface area contributed by atoms with Gasteiger partial charge in [0.25, 0.3) is 0 Å². The van der Waals surface area contributed by atoms with Crippen LogP contribution in [0.5, 0.6) is 0 Å². The van der Waals surface area contributed by atoms with Crippen molar-refractivity contribution in [3.05, 3.63) is 28.8 Å². The van der Waals surface area contributed by atoms with Crippen molar-refractivity contribution < 1.29 is 4.79 Å². The molecule has 0 aliphatic heterocycles. The van der Waals surface area contributed by atoms with E-state index in [0.717, 1.165) is 11.3 Å². The summed E-state index contributed by atoms with van der Waals surface area (Å²) in [6.07, 6.45) is 0. The smallest absolute Gasteiger partial charge is 0.247 e. The summed E-state index contributed by atoms with van der Waals surface area (Å²) in [6, 6.07) is 5.48. The first-order chi connectivity index (χ1) is 6.50. The van der Waals surface area contributed by atoms with Crippen LogP contribution in [-0.2, 0) is 4.79 Å². The monoisotopic (exact) mass is 435 g/mol. The highest BCUT2D eigenvalue weighted by Gasteiger charge is 2.10. The van der Waals surface area contributed by atoms with Crippen molar-refractivity contribution in [3.8, 4) is 0 Å². The Morgan fingerprint density at radius 2 is 2.14 bits per heavy atom. The molecular formula is C9H8ClI2NO. The summed E-state index contributed by atoms with van der Waals surface area (Å²) >= 11 is 10.0. The van der Waals surface area contributed by atoms with Crippen molar-refractivity contribution in [1.82, 2.24) is 0 Å². The van der Waals surface area contributed by atoms with E-state index in [0.29, 0.717) is 5.02 Å². The lowest BCUT2D eigenvalue weighted by Gasteiger charge is -2.07. The molecule has 0 unspecified atom stereocenters. The van der Waals surface area contributed by atoms with E-state index >= 15 is 0 Å². The maximum Gasteiger partial charge on any atom is 0.247 e. The van der Waals surface area contributed by atoms with Crippen LogP contribution in [0.1, 0.15) is 5.56 Å². The van der Waals surface area contributed by atoms with Crippen LogP contribution in [0.15, 0.2) is 18.2 Å². The molecule has 76 valence electrons. The van der Waals surface area contributed by atoms with Crippen LogP contribution in [0.2, 0.25) is 5.02 Å². The van der Waals surface area contributed by atoms with Gasteiger partial charge in [0.1, 0.15) is 1.93 Å². The van der Waals surface area contributed by atoms with Crippen molar-refractivity contribution >= 4 is 68.4 Å². The summed E-state index contributed by atoms with van der Waals surface area (Å²) in [5.41, 5.74) is 1.74. The molecule has 1 aromatic rings. The number of alkyl halides is 2. The maximum atomic E-state index is 11.3. The number of benzene rings is 1. The van der Waals surface area contributed by atoms with Gasteiger partial charge in [0.05, 0.1) is 0 Å². The second-order valence-corrected chi connectivity index (χ2v) is 8.04. The quantitative estimate of drug-likeness (QED) is 0.556. The number of rotatable bonds is 2. The van der Waals surface area contributed by atoms with Gasteiger partial charge in [-0.15, -0.1) is 0 Å². The summed E-state index contributed by atoms with van der Waals surface area (Å²) in [6.45, 7) is 1.92. The predicted molar refractivity (Wildman–Crippen MR) is 76.6 cm³/mol. The SMILES string of the molecule is Cc1ccc(NC(=O)C(I)I)cc1Cl. The lowest BCUT2D eigenvalue weighted by Crippen LogP contribution is -2.17. The van der Waals surface area contributed by atoms with Crippen LogP contribution in [-0.4, -0.2) is 7.84 Å². The van der Waals surface area contributed by atoms with Gasteiger partial charge in [-0.3, -0.25) is 4.79 Å². The maximum absolute atomic E-state index is 11.3. The van der Waals surface area contributed by atoms with Gasteiger partial charge in [-0.2, -0.15) is 0 Å². The van der Waals surface area contributed by atoms with Gasteiger partial charge in [-0.25, -0.2) is 0 Å². The minimum atomic E-state index is -0.0784. The first kappa shape index (κ1) is 12.5. The predicted octanol–water partition coefficient (Wildman–Crippen LogP) is 3.78. The average molecular weight is 435 g/mol. The molecule has 14 heavy (non-hydrogen) atoms. The zero-order valence-electron chi connectivity index (χ0n) is 7.35. The van der Waals surface area contributed by atoms with Gasteiger partial charge in [0.15, 0.2) is 0 Å². The van der Waals surface area contributed by atoms with Gasteiger partial charge >= 0.3 is 0 Å². The molecule has 0 radical (unpaired) electrons. The van der Waals surface area contributed by atoms with E-state index in [2.05, 4.69) is 50.5 Å². The molecular weight excluding hydrogens is 427 g/mol. The Bertz CT molecular complexity index is 355. The van der Waals surface area contributed by atoms with Crippen LogP contribution >= 0.6 is 56.8 Å². The summed E-state index contributed by atoms with van der Waals surface area (Å²) in [4.78, 5) is 11.3. The Labute approximate surface area is 115 Å². The number of halogens is 3. The number of nitrogens with one attached hydrogen (secondary N) is 1. The van der Waals surface area contributed by atoms with Crippen molar-refractivity contribution in [2.45, 2.75) is 8.86 Å². The van der Waals surface area contributed by atoms with E-state index in [9.17, 15) is 4.79 Å². The second-order valence-electron chi connectivity index (χ2n) is 2.75. The van der Waals surface area contributed by atoms with Gasteiger partial charge in [0.2, 0.25) is 5.91 Å². The topological polar surface area (TPSA) is 29.1 Å². The van der Waals surface area contributed by atoms with Crippen molar-refractivity contribution in [2.24, 2.45) is 0 Å². The van der Waals surface area contributed by atoms with Crippen LogP contribution in [0.4, 0.5) is 5.69 Å².